The number of nitrogens with one attached hydrogen (secondary N) is 1. The molecule has 0 bridgehead atoms. The second kappa shape index (κ2) is 9.11. The van der Waals surface area contributed by atoms with Gasteiger partial charge in [-0.15, -0.1) is 6.42 Å². The van der Waals surface area contributed by atoms with Gasteiger partial charge in [-0.25, -0.2) is 0 Å². The van der Waals surface area contributed by atoms with Crippen molar-refractivity contribution in [2.75, 3.05) is 10.6 Å². The van der Waals surface area contributed by atoms with Crippen molar-refractivity contribution in [3.05, 3.63) is 59.7 Å². The third-order valence-corrected chi connectivity index (χ3v) is 4.85. The van der Waals surface area contributed by atoms with Gasteiger partial charge in [0.15, 0.2) is 0 Å². The van der Waals surface area contributed by atoms with E-state index in [2.05, 4.69) is 33.8 Å². The number of carbonyl (C=O) groups is 2. The Morgan fingerprint density at radius 3 is 2.18 bits per heavy atom. The first-order chi connectivity index (χ1) is 13.2. The van der Waals surface area contributed by atoms with Crippen LogP contribution in [-0.4, -0.2) is 17.4 Å². The number of amides is 2. The first kappa shape index (κ1) is 21.8. The minimum atomic E-state index is -0.922. The van der Waals surface area contributed by atoms with E-state index in [4.69, 9.17) is 12.2 Å². The summed E-state index contributed by atoms with van der Waals surface area (Å²) in [4.78, 5) is 27.2. The van der Waals surface area contributed by atoms with Crippen molar-refractivity contribution in [2.45, 2.75) is 36.8 Å². The lowest BCUT2D eigenvalue weighted by Crippen LogP contribution is -2.49. The molecule has 0 aliphatic rings. The van der Waals surface area contributed by atoms with Gasteiger partial charge in [-0.3, -0.25) is 14.5 Å². The van der Waals surface area contributed by atoms with Crippen molar-refractivity contribution in [1.29, 1.82) is 0 Å². The van der Waals surface area contributed by atoms with E-state index in [1.54, 1.807) is 36.4 Å². The largest absolute Gasteiger partial charge is 0.399 e. The molecule has 0 fully saturated rings. The molecule has 2 aromatic rings. The molecule has 2 rings (SSSR count). The molecule has 1 unspecified atom stereocenters. The van der Waals surface area contributed by atoms with Crippen LogP contribution >= 0.6 is 22.6 Å². The van der Waals surface area contributed by atoms with Crippen molar-refractivity contribution in [2.24, 2.45) is 0 Å². The third-order valence-electron chi connectivity index (χ3n) is 3.97. The average Bonchev–Trinajstić information content (AvgIpc) is 2.65. The Bertz CT molecular complexity index is 878. The number of halogens is 1. The van der Waals surface area contributed by atoms with Crippen molar-refractivity contribution < 1.29 is 9.59 Å². The van der Waals surface area contributed by atoms with Gasteiger partial charge in [-0.1, -0.05) is 46.9 Å². The molecular weight excluding hydrogens is 465 g/mol. The van der Waals surface area contributed by atoms with Crippen LogP contribution in [0.4, 0.5) is 11.4 Å². The second-order valence-electron chi connectivity index (χ2n) is 7.43. The number of nitrogen functional groups attached to an aromatic ring is 1. The van der Waals surface area contributed by atoms with Crippen LogP contribution in [-0.2, 0) is 14.0 Å². The van der Waals surface area contributed by atoms with Gasteiger partial charge < -0.3 is 11.1 Å². The van der Waals surface area contributed by atoms with Crippen molar-refractivity contribution >= 4 is 45.8 Å². The maximum Gasteiger partial charge on any atom is 0.303 e. The van der Waals surface area contributed by atoms with Crippen molar-refractivity contribution in [1.82, 2.24) is 5.32 Å². The summed E-state index contributed by atoms with van der Waals surface area (Å²) in [6.45, 7) is 5.65. The van der Waals surface area contributed by atoms with Gasteiger partial charge in [0, 0.05) is 21.3 Å². The van der Waals surface area contributed by atoms with E-state index in [0.29, 0.717) is 16.9 Å². The zero-order chi connectivity index (χ0) is 20.9. The summed E-state index contributed by atoms with van der Waals surface area (Å²) in [5, 5.41) is 2.95. The topological polar surface area (TPSA) is 75.4 Å². The van der Waals surface area contributed by atoms with Gasteiger partial charge in [-0.05, 0) is 62.1 Å². The SMILES string of the molecule is C#CC(=O)N(c1ccc(CI)cc1)C(C(=O)NC(C)(C)C)c1ccc(N)cc1. The normalized spacial score (nSPS) is 12.0. The molecule has 28 heavy (non-hydrogen) atoms. The van der Waals surface area contributed by atoms with E-state index in [9.17, 15) is 9.59 Å². The number of hydrogen-bond donors (Lipinski definition) is 2. The third kappa shape index (κ3) is 5.49. The van der Waals surface area contributed by atoms with Gasteiger partial charge in [0.25, 0.3) is 0 Å². The lowest BCUT2D eigenvalue weighted by Gasteiger charge is -2.32. The Morgan fingerprint density at radius 1 is 1.14 bits per heavy atom. The molecule has 0 aliphatic heterocycles. The number of carbonyl (C=O) groups excluding carboxylic acids is 2. The van der Waals surface area contributed by atoms with Crippen LogP contribution in [0.5, 0.6) is 0 Å². The summed E-state index contributed by atoms with van der Waals surface area (Å²) in [7, 11) is 0. The van der Waals surface area contributed by atoms with Crippen molar-refractivity contribution in [3.63, 3.8) is 0 Å². The number of alkyl halides is 1. The first-order valence-electron chi connectivity index (χ1n) is 8.78. The number of terminal acetylenes is 1. The number of nitrogens with two attached hydrogens (primary N) is 1. The Hall–Kier alpha value is -2.53. The minimum absolute atomic E-state index is 0.321. The zero-order valence-corrected chi connectivity index (χ0v) is 18.4. The van der Waals surface area contributed by atoms with Crippen LogP contribution in [0.2, 0.25) is 0 Å². The fraction of sp³-hybridized carbons (Fsp3) is 0.273. The van der Waals surface area contributed by atoms with Gasteiger partial charge in [0.05, 0.1) is 0 Å². The first-order valence-corrected chi connectivity index (χ1v) is 10.3. The predicted molar refractivity (Wildman–Crippen MR) is 122 cm³/mol. The van der Waals surface area contributed by atoms with E-state index >= 15 is 0 Å². The molecule has 6 heteroatoms. The summed E-state index contributed by atoms with van der Waals surface area (Å²) in [5.74, 6) is 1.24. The molecule has 0 saturated carbocycles. The van der Waals surface area contributed by atoms with Gasteiger partial charge in [-0.2, -0.15) is 0 Å². The van der Waals surface area contributed by atoms with Crippen LogP contribution in [0.1, 0.15) is 37.9 Å². The van der Waals surface area contributed by atoms with Crippen LogP contribution in [0, 0.1) is 12.3 Å². The van der Waals surface area contributed by atoms with Crippen LogP contribution < -0.4 is 16.0 Å². The molecule has 0 heterocycles. The zero-order valence-electron chi connectivity index (χ0n) is 16.2. The highest BCUT2D eigenvalue weighted by Crippen LogP contribution is 2.29. The fourth-order valence-corrected chi connectivity index (χ4v) is 3.24. The molecule has 146 valence electrons. The standard InChI is InChI=1S/C22H24IN3O2/c1-5-19(27)26(18-12-6-15(14-23)7-13-18)20(21(28)25-22(2,3)4)16-8-10-17(24)11-9-16/h1,6-13,20H,14,24H2,2-4H3,(H,25,28). The fourth-order valence-electron chi connectivity index (χ4n) is 2.73. The van der Waals surface area contributed by atoms with E-state index in [1.807, 2.05) is 32.9 Å². The lowest BCUT2D eigenvalue weighted by atomic mass is 10.0. The maximum absolute atomic E-state index is 13.2. The number of rotatable bonds is 5. The summed E-state index contributed by atoms with van der Waals surface area (Å²) < 4.78 is 0.840. The molecular formula is C22H24IN3O2. The van der Waals surface area contributed by atoms with Gasteiger partial charge >= 0.3 is 5.91 Å². The molecule has 0 radical (unpaired) electrons. The number of benzene rings is 2. The van der Waals surface area contributed by atoms with Gasteiger partial charge in [0.2, 0.25) is 5.91 Å². The highest BCUT2D eigenvalue weighted by Gasteiger charge is 2.33. The monoisotopic (exact) mass is 489 g/mol. The minimum Gasteiger partial charge on any atom is -0.399 e. The molecule has 1 atom stereocenters. The second-order valence-corrected chi connectivity index (χ2v) is 8.19. The van der Waals surface area contributed by atoms with E-state index in [0.717, 1.165) is 9.99 Å². The summed E-state index contributed by atoms with van der Waals surface area (Å²) >= 11 is 2.27. The number of nitrogens with zero attached hydrogens (tertiary/aromatic N) is 1. The number of hydrogen-bond acceptors (Lipinski definition) is 3. The molecule has 5 nitrogen and oxygen atoms in total. The maximum atomic E-state index is 13.2. The van der Waals surface area contributed by atoms with Gasteiger partial charge in [0.1, 0.15) is 6.04 Å². The Kier molecular flexibility index (Phi) is 7.08. The Labute approximate surface area is 179 Å². The van der Waals surface area contributed by atoms with E-state index in [-0.39, 0.29) is 5.91 Å². The molecule has 3 N–H and O–H groups in total. The highest BCUT2D eigenvalue weighted by atomic mass is 127. The predicted octanol–water partition coefficient (Wildman–Crippen LogP) is 3.83. The average molecular weight is 489 g/mol. The number of anilines is 2. The van der Waals surface area contributed by atoms with E-state index in [1.165, 1.54) is 4.90 Å². The molecule has 0 aromatic heterocycles. The highest BCUT2D eigenvalue weighted by molar-refractivity contribution is 14.1. The Balaban J connectivity index is 2.60. The molecule has 0 saturated heterocycles. The van der Waals surface area contributed by atoms with Crippen molar-refractivity contribution in [3.8, 4) is 12.3 Å². The quantitative estimate of drug-likeness (QED) is 0.290. The lowest BCUT2D eigenvalue weighted by molar-refractivity contribution is -0.126. The molecule has 0 spiro atoms. The molecule has 2 aromatic carbocycles. The van der Waals surface area contributed by atoms with Crippen LogP contribution in [0.3, 0.4) is 0 Å². The molecule has 0 aliphatic carbocycles. The summed E-state index contributed by atoms with van der Waals surface area (Å²) in [6.07, 6.45) is 5.44. The van der Waals surface area contributed by atoms with E-state index < -0.39 is 17.5 Å². The van der Waals surface area contributed by atoms with Crippen LogP contribution in [0.15, 0.2) is 48.5 Å². The smallest absolute Gasteiger partial charge is 0.303 e. The Morgan fingerprint density at radius 2 is 1.71 bits per heavy atom. The summed E-state index contributed by atoms with van der Waals surface area (Å²) in [6, 6.07) is 13.4. The van der Waals surface area contributed by atoms with Crippen LogP contribution in [0.25, 0.3) is 0 Å². The summed E-state index contributed by atoms with van der Waals surface area (Å²) in [5.41, 5.74) is 8.18. The molecule has 2 amide bonds.